The maximum Gasteiger partial charge on any atom is 0.251 e. The molecule has 2 aliphatic carbocycles. The van der Waals surface area contributed by atoms with Crippen molar-refractivity contribution in [2.75, 3.05) is 17.6 Å². The Balaban J connectivity index is 1.73. The van der Waals surface area contributed by atoms with Crippen molar-refractivity contribution in [3.63, 3.8) is 0 Å². The number of anilines is 1. The molecule has 5 nitrogen and oxygen atoms in total. The minimum Gasteiger partial charge on any atom is -0.349 e. The maximum absolute atomic E-state index is 12.4. The van der Waals surface area contributed by atoms with Crippen LogP contribution in [0.5, 0.6) is 0 Å². The van der Waals surface area contributed by atoms with Crippen molar-refractivity contribution in [2.45, 2.75) is 31.7 Å². The molecule has 2 saturated carbocycles. The first kappa shape index (κ1) is 15.3. The molecule has 0 saturated heterocycles. The Bertz CT molecular complexity index is 686. The Hall–Kier alpha value is -1.56. The third-order valence-electron chi connectivity index (χ3n) is 5.02. The van der Waals surface area contributed by atoms with Gasteiger partial charge in [0.05, 0.1) is 11.9 Å². The monoisotopic (exact) mass is 322 g/mol. The highest BCUT2D eigenvalue weighted by molar-refractivity contribution is 7.92. The summed E-state index contributed by atoms with van der Waals surface area (Å²) >= 11 is 0. The molecule has 0 aromatic heterocycles. The van der Waals surface area contributed by atoms with Gasteiger partial charge >= 0.3 is 0 Å². The minimum absolute atomic E-state index is 0.110. The van der Waals surface area contributed by atoms with Crippen LogP contribution in [0.15, 0.2) is 24.3 Å². The number of nitrogens with zero attached hydrogens (tertiary/aromatic N) is 1. The molecule has 3 atom stereocenters. The predicted octanol–water partition coefficient (Wildman–Crippen LogP) is 2.00. The van der Waals surface area contributed by atoms with E-state index in [0.29, 0.717) is 17.2 Å². The molecule has 3 rings (SSSR count). The zero-order chi connectivity index (χ0) is 15.9. The van der Waals surface area contributed by atoms with E-state index in [1.165, 1.54) is 30.6 Å². The average molecular weight is 322 g/mol. The van der Waals surface area contributed by atoms with Gasteiger partial charge in [0, 0.05) is 18.7 Å². The van der Waals surface area contributed by atoms with E-state index in [-0.39, 0.29) is 11.9 Å². The summed E-state index contributed by atoms with van der Waals surface area (Å²) in [5.74, 6) is 1.29. The van der Waals surface area contributed by atoms with Crippen molar-refractivity contribution in [3.05, 3.63) is 29.8 Å². The van der Waals surface area contributed by atoms with Gasteiger partial charge in [0.1, 0.15) is 0 Å². The lowest BCUT2D eigenvalue weighted by Crippen LogP contribution is -2.38. The first-order valence-electron chi connectivity index (χ1n) is 7.69. The first-order valence-corrected chi connectivity index (χ1v) is 9.54. The molecule has 0 spiro atoms. The number of hydrogen-bond donors (Lipinski definition) is 1. The summed E-state index contributed by atoms with van der Waals surface area (Å²) in [5, 5.41) is 3.12. The van der Waals surface area contributed by atoms with E-state index in [9.17, 15) is 13.2 Å². The molecule has 2 bridgehead atoms. The van der Waals surface area contributed by atoms with Crippen LogP contribution >= 0.6 is 0 Å². The highest BCUT2D eigenvalue weighted by Crippen LogP contribution is 2.44. The lowest BCUT2D eigenvalue weighted by Gasteiger charge is -2.23. The van der Waals surface area contributed by atoms with E-state index in [4.69, 9.17) is 0 Å². The molecule has 0 heterocycles. The van der Waals surface area contributed by atoms with Gasteiger partial charge in [-0.1, -0.05) is 12.5 Å². The fourth-order valence-corrected chi connectivity index (χ4v) is 4.20. The van der Waals surface area contributed by atoms with Gasteiger partial charge in [0.25, 0.3) is 5.91 Å². The first-order chi connectivity index (χ1) is 10.3. The van der Waals surface area contributed by atoms with Gasteiger partial charge in [-0.15, -0.1) is 0 Å². The molecule has 1 aromatic carbocycles. The van der Waals surface area contributed by atoms with E-state index in [1.807, 2.05) is 0 Å². The third-order valence-corrected chi connectivity index (χ3v) is 6.23. The van der Waals surface area contributed by atoms with Crippen LogP contribution in [0.2, 0.25) is 0 Å². The van der Waals surface area contributed by atoms with Crippen LogP contribution in [-0.4, -0.2) is 33.7 Å². The van der Waals surface area contributed by atoms with E-state index in [0.717, 1.165) is 18.6 Å². The van der Waals surface area contributed by atoms with Gasteiger partial charge in [-0.3, -0.25) is 9.10 Å². The summed E-state index contributed by atoms with van der Waals surface area (Å²) in [6.45, 7) is 0. The average Bonchev–Trinajstić information content (AvgIpc) is 3.08. The van der Waals surface area contributed by atoms with Crippen LogP contribution in [0.25, 0.3) is 0 Å². The highest BCUT2D eigenvalue weighted by atomic mass is 32.2. The van der Waals surface area contributed by atoms with Crippen LogP contribution < -0.4 is 9.62 Å². The number of benzene rings is 1. The molecular weight excluding hydrogens is 300 g/mol. The number of fused-ring (bicyclic) bond motifs is 2. The molecule has 3 unspecified atom stereocenters. The smallest absolute Gasteiger partial charge is 0.251 e. The van der Waals surface area contributed by atoms with E-state index in [2.05, 4.69) is 5.32 Å². The van der Waals surface area contributed by atoms with Crippen LogP contribution in [0.1, 0.15) is 36.0 Å². The Morgan fingerprint density at radius 1 is 1.27 bits per heavy atom. The Kier molecular flexibility index (Phi) is 3.89. The largest absolute Gasteiger partial charge is 0.349 e. The number of carbonyl (C=O) groups is 1. The Morgan fingerprint density at radius 2 is 2.05 bits per heavy atom. The number of carbonyl (C=O) groups excluding carboxylic acids is 1. The Labute approximate surface area is 131 Å². The van der Waals surface area contributed by atoms with E-state index >= 15 is 0 Å². The van der Waals surface area contributed by atoms with Crippen molar-refractivity contribution in [1.29, 1.82) is 0 Å². The molecule has 1 amide bonds. The summed E-state index contributed by atoms with van der Waals surface area (Å²) < 4.78 is 24.4. The quantitative estimate of drug-likeness (QED) is 0.922. The molecule has 2 fully saturated rings. The molecule has 1 aromatic rings. The van der Waals surface area contributed by atoms with Crippen LogP contribution in [0.4, 0.5) is 5.69 Å². The zero-order valence-corrected chi connectivity index (χ0v) is 13.8. The summed E-state index contributed by atoms with van der Waals surface area (Å²) in [6.07, 6.45) is 5.98. The zero-order valence-electron chi connectivity index (χ0n) is 13.0. The summed E-state index contributed by atoms with van der Waals surface area (Å²) in [6, 6.07) is 7.04. The second-order valence-corrected chi connectivity index (χ2v) is 8.55. The summed E-state index contributed by atoms with van der Waals surface area (Å²) in [5.41, 5.74) is 1.01. The molecule has 120 valence electrons. The number of sulfonamides is 1. The van der Waals surface area contributed by atoms with Crippen molar-refractivity contribution >= 4 is 21.6 Å². The van der Waals surface area contributed by atoms with E-state index in [1.54, 1.807) is 24.3 Å². The SMILES string of the molecule is CN(c1cccc(C(=O)NC2CC3CCC2C3)c1)S(C)(=O)=O. The molecule has 0 aliphatic heterocycles. The van der Waals surface area contributed by atoms with Gasteiger partial charge in [-0.05, 0) is 49.3 Å². The Morgan fingerprint density at radius 3 is 2.64 bits per heavy atom. The predicted molar refractivity (Wildman–Crippen MR) is 86.4 cm³/mol. The topological polar surface area (TPSA) is 66.5 Å². The van der Waals surface area contributed by atoms with Gasteiger partial charge < -0.3 is 5.32 Å². The summed E-state index contributed by atoms with van der Waals surface area (Å²) in [4.78, 5) is 12.4. The van der Waals surface area contributed by atoms with Crippen molar-refractivity contribution < 1.29 is 13.2 Å². The standard InChI is InChI=1S/C16H22N2O3S/c1-18(22(2,20)21)14-5-3-4-13(10-14)16(19)17-15-9-11-6-7-12(15)8-11/h3-5,10-12,15H,6-9H2,1-2H3,(H,17,19). The second kappa shape index (κ2) is 5.57. The van der Waals surface area contributed by atoms with Gasteiger partial charge in [-0.25, -0.2) is 8.42 Å². The minimum atomic E-state index is -3.33. The molecule has 2 aliphatic rings. The maximum atomic E-state index is 12.4. The molecule has 6 heteroatoms. The fourth-order valence-electron chi connectivity index (χ4n) is 3.71. The van der Waals surface area contributed by atoms with E-state index < -0.39 is 10.0 Å². The second-order valence-electron chi connectivity index (χ2n) is 6.54. The van der Waals surface area contributed by atoms with Gasteiger partial charge in [0.15, 0.2) is 0 Å². The number of rotatable bonds is 4. The highest BCUT2D eigenvalue weighted by Gasteiger charge is 2.40. The third kappa shape index (κ3) is 2.97. The van der Waals surface area contributed by atoms with Crippen LogP contribution in [0.3, 0.4) is 0 Å². The van der Waals surface area contributed by atoms with Gasteiger partial charge in [0.2, 0.25) is 10.0 Å². The normalized spacial score (nSPS) is 26.9. The lowest BCUT2D eigenvalue weighted by atomic mass is 9.95. The number of hydrogen-bond acceptors (Lipinski definition) is 3. The molecule has 0 radical (unpaired) electrons. The fraction of sp³-hybridized carbons (Fsp3) is 0.562. The lowest BCUT2D eigenvalue weighted by molar-refractivity contribution is 0.0923. The van der Waals surface area contributed by atoms with Crippen molar-refractivity contribution in [3.8, 4) is 0 Å². The van der Waals surface area contributed by atoms with Gasteiger partial charge in [-0.2, -0.15) is 0 Å². The van der Waals surface area contributed by atoms with Crippen molar-refractivity contribution in [1.82, 2.24) is 5.32 Å². The molecule has 22 heavy (non-hydrogen) atoms. The number of amides is 1. The molecule has 1 N–H and O–H groups in total. The molecular formula is C16H22N2O3S. The van der Waals surface area contributed by atoms with Crippen LogP contribution in [0, 0.1) is 11.8 Å². The van der Waals surface area contributed by atoms with Crippen LogP contribution in [-0.2, 0) is 10.0 Å². The number of nitrogens with one attached hydrogen (secondary N) is 1. The van der Waals surface area contributed by atoms with Crippen molar-refractivity contribution in [2.24, 2.45) is 11.8 Å². The summed E-state index contributed by atoms with van der Waals surface area (Å²) in [7, 11) is -1.84.